The van der Waals surface area contributed by atoms with E-state index in [-0.39, 0.29) is 19.1 Å². The highest BCUT2D eigenvalue weighted by atomic mass is 32.1. The summed E-state index contributed by atoms with van der Waals surface area (Å²) >= 11 is 5.16. The lowest BCUT2D eigenvalue weighted by Gasteiger charge is -2.08. The number of carbonyl (C=O) groups excluding carboxylic acids is 1. The van der Waals surface area contributed by atoms with E-state index in [0.29, 0.717) is 10.5 Å². The Balaban J connectivity index is 2.40. The summed E-state index contributed by atoms with van der Waals surface area (Å²) in [5, 5.41) is 11.3. The molecular weight excluding hydrogens is 250 g/mol. The smallest absolute Gasteiger partial charge is 0.269 e. The van der Waals surface area contributed by atoms with Gasteiger partial charge in [0.05, 0.1) is 6.61 Å². The molecule has 94 valence electrons. The molecule has 0 bridgehead atoms. The molecule has 1 amide bonds. The van der Waals surface area contributed by atoms with Gasteiger partial charge in [0.25, 0.3) is 5.91 Å². The Hall–Kier alpha value is -1.92. The number of carbonyl (C=O) groups is 1. The molecule has 0 aliphatic heterocycles. The topological polar surface area (TPSA) is 70.1 Å². The van der Waals surface area contributed by atoms with Crippen molar-refractivity contribution in [3.63, 3.8) is 0 Å². The predicted molar refractivity (Wildman–Crippen MR) is 70.4 cm³/mol. The van der Waals surface area contributed by atoms with Crippen LogP contribution in [0.1, 0.15) is 10.5 Å². The largest absolute Gasteiger partial charge is 0.395 e. The van der Waals surface area contributed by atoms with Crippen LogP contribution in [0.2, 0.25) is 0 Å². The lowest BCUT2D eigenvalue weighted by Crippen LogP contribution is -2.28. The highest BCUT2D eigenvalue weighted by Gasteiger charge is 2.13. The number of para-hydroxylation sites is 1. The fourth-order valence-electron chi connectivity index (χ4n) is 1.63. The Labute approximate surface area is 109 Å². The minimum Gasteiger partial charge on any atom is -0.395 e. The van der Waals surface area contributed by atoms with Gasteiger partial charge in [0.2, 0.25) is 0 Å². The van der Waals surface area contributed by atoms with Crippen molar-refractivity contribution in [3.05, 3.63) is 47.0 Å². The summed E-state index contributed by atoms with van der Waals surface area (Å²) in [5.41, 5.74) is 1.23. The molecule has 1 aromatic carbocycles. The highest BCUT2D eigenvalue weighted by Crippen LogP contribution is 2.12. The Morgan fingerprint density at radius 3 is 2.78 bits per heavy atom. The number of nitrogens with zero attached hydrogens (tertiary/aromatic N) is 1. The summed E-state index contributed by atoms with van der Waals surface area (Å²) in [6.45, 7) is 0.119. The maximum absolute atomic E-state index is 11.9. The normalized spacial score (nSPS) is 10.3. The number of aliphatic hydroxyl groups excluding tert-OH is 1. The molecule has 0 fully saturated rings. The number of hydrogen-bond donors (Lipinski definition) is 3. The quantitative estimate of drug-likeness (QED) is 0.727. The van der Waals surface area contributed by atoms with Gasteiger partial charge in [-0.05, 0) is 24.4 Å². The molecule has 0 aliphatic carbocycles. The molecule has 0 atom stereocenters. The second-order valence-corrected chi connectivity index (χ2v) is 4.02. The van der Waals surface area contributed by atoms with Crippen molar-refractivity contribution in [3.8, 4) is 5.69 Å². The van der Waals surface area contributed by atoms with Gasteiger partial charge in [-0.25, -0.2) is 0 Å². The molecule has 0 unspecified atom stereocenters. The minimum absolute atomic E-state index is 0.0950. The lowest BCUT2D eigenvalue weighted by molar-refractivity contribution is 0.0938. The van der Waals surface area contributed by atoms with Crippen LogP contribution in [0, 0.1) is 4.77 Å². The summed E-state index contributed by atoms with van der Waals surface area (Å²) in [6, 6.07) is 9.38. The van der Waals surface area contributed by atoms with Crippen molar-refractivity contribution in [2.45, 2.75) is 0 Å². The van der Waals surface area contributed by atoms with Crippen molar-refractivity contribution in [1.82, 2.24) is 14.9 Å². The zero-order valence-corrected chi connectivity index (χ0v) is 10.4. The van der Waals surface area contributed by atoms with E-state index in [1.165, 1.54) is 0 Å². The first kappa shape index (κ1) is 12.5. The van der Waals surface area contributed by atoms with Crippen LogP contribution in [0.4, 0.5) is 0 Å². The van der Waals surface area contributed by atoms with Crippen molar-refractivity contribution < 1.29 is 9.90 Å². The molecule has 18 heavy (non-hydrogen) atoms. The van der Waals surface area contributed by atoms with E-state index in [9.17, 15) is 4.79 Å². The van der Waals surface area contributed by atoms with E-state index in [1.54, 1.807) is 10.8 Å². The first-order valence-corrected chi connectivity index (χ1v) is 5.90. The number of H-pyrrole nitrogens is 1. The molecule has 0 aliphatic rings. The maximum Gasteiger partial charge on any atom is 0.269 e. The summed E-state index contributed by atoms with van der Waals surface area (Å²) in [6.07, 6.45) is 1.56. The molecule has 2 aromatic rings. The number of nitrogens with one attached hydrogen (secondary N) is 2. The van der Waals surface area contributed by atoms with Crippen LogP contribution in [-0.4, -0.2) is 33.7 Å². The molecule has 1 heterocycles. The third kappa shape index (κ3) is 2.49. The minimum atomic E-state index is -0.278. The maximum atomic E-state index is 11.9. The Bertz CT molecular complexity index is 589. The fourth-order valence-corrected chi connectivity index (χ4v) is 1.89. The van der Waals surface area contributed by atoms with Crippen molar-refractivity contribution >= 4 is 18.1 Å². The van der Waals surface area contributed by atoms with Crippen LogP contribution < -0.4 is 5.32 Å². The number of imidazole rings is 1. The predicted octanol–water partition coefficient (Wildman–Crippen LogP) is 1.26. The average Bonchev–Trinajstić information content (AvgIpc) is 2.79. The molecule has 0 spiro atoms. The van der Waals surface area contributed by atoms with E-state index in [4.69, 9.17) is 17.3 Å². The van der Waals surface area contributed by atoms with Crippen LogP contribution >= 0.6 is 12.2 Å². The van der Waals surface area contributed by atoms with Crippen LogP contribution in [-0.2, 0) is 0 Å². The van der Waals surface area contributed by atoms with Gasteiger partial charge in [-0.15, -0.1) is 0 Å². The molecule has 0 radical (unpaired) electrons. The number of aliphatic hydroxyl groups is 1. The second-order valence-electron chi connectivity index (χ2n) is 3.63. The van der Waals surface area contributed by atoms with E-state index < -0.39 is 0 Å². The van der Waals surface area contributed by atoms with Gasteiger partial charge in [0.1, 0.15) is 5.69 Å². The summed E-state index contributed by atoms with van der Waals surface area (Å²) in [5.74, 6) is -0.278. The number of aromatic amines is 1. The average molecular weight is 263 g/mol. The van der Waals surface area contributed by atoms with Crippen LogP contribution in [0.5, 0.6) is 0 Å². The van der Waals surface area contributed by atoms with E-state index in [0.717, 1.165) is 5.69 Å². The SMILES string of the molecule is O=C(NCCO)c1c[nH]c(=S)n1-c1ccccc1. The monoisotopic (exact) mass is 263 g/mol. The molecule has 5 nitrogen and oxygen atoms in total. The van der Waals surface area contributed by atoms with Gasteiger partial charge in [0.15, 0.2) is 4.77 Å². The first-order valence-electron chi connectivity index (χ1n) is 5.49. The third-order valence-electron chi connectivity index (χ3n) is 2.42. The summed E-state index contributed by atoms with van der Waals surface area (Å²) in [7, 11) is 0. The number of hydrogen-bond acceptors (Lipinski definition) is 3. The van der Waals surface area contributed by atoms with Gasteiger partial charge < -0.3 is 15.4 Å². The van der Waals surface area contributed by atoms with Crippen LogP contribution in [0.3, 0.4) is 0 Å². The zero-order valence-electron chi connectivity index (χ0n) is 9.59. The second kappa shape index (κ2) is 5.61. The Morgan fingerprint density at radius 1 is 1.39 bits per heavy atom. The number of rotatable bonds is 4. The zero-order chi connectivity index (χ0) is 13.0. The standard InChI is InChI=1S/C12H13N3O2S/c16-7-6-13-11(17)10-8-14-12(18)15(10)9-4-2-1-3-5-9/h1-5,8,16H,6-7H2,(H,13,17)(H,14,18). The molecular formula is C12H13N3O2S. The van der Waals surface area contributed by atoms with E-state index in [1.807, 2.05) is 30.3 Å². The number of benzene rings is 1. The van der Waals surface area contributed by atoms with E-state index >= 15 is 0 Å². The fraction of sp³-hybridized carbons (Fsp3) is 0.167. The summed E-state index contributed by atoms with van der Waals surface area (Å²) < 4.78 is 2.11. The van der Waals surface area contributed by atoms with Gasteiger partial charge >= 0.3 is 0 Å². The van der Waals surface area contributed by atoms with Crippen molar-refractivity contribution in [2.24, 2.45) is 0 Å². The molecule has 2 rings (SSSR count). The first-order chi connectivity index (χ1) is 8.74. The van der Waals surface area contributed by atoms with Gasteiger partial charge in [0, 0.05) is 18.4 Å². The Kier molecular flexibility index (Phi) is 3.91. The molecule has 6 heteroatoms. The summed E-state index contributed by atoms with van der Waals surface area (Å²) in [4.78, 5) is 14.7. The number of amides is 1. The third-order valence-corrected chi connectivity index (χ3v) is 2.72. The van der Waals surface area contributed by atoms with Crippen molar-refractivity contribution in [2.75, 3.05) is 13.2 Å². The van der Waals surface area contributed by atoms with Crippen LogP contribution in [0.25, 0.3) is 5.69 Å². The highest BCUT2D eigenvalue weighted by molar-refractivity contribution is 7.71. The molecule has 1 aromatic heterocycles. The lowest BCUT2D eigenvalue weighted by atomic mass is 10.3. The van der Waals surface area contributed by atoms with Gasteiger partial charge in [-0.2, -0.15) is 0 Å². The van der Waals surface area contributed by atoms with Crippen molar-refractivity contribution in [1.29, 1.82) is 0 Å². The molecule has 3 N–H and O–H groups in total. The number of aromatic nitrogens is 2. The van der Waals surface area contributed by atoms with Gasteiger partial charge in [-0.1, -0.05) is 18.2 Å². The molecule has 0 saturated heterocycles. The Morgan fingerprint density at radius 2 is 2.11 bits per heavy atom. The molecule has 0 saturated carbocycles. The van der Waals surface area contributed by atoms with E-state index in [2.05, 4.69) is 10.3 Å². The van der Waals surface area contributed by atoms with Crippen LogP contribution in [0.15, 0.2) is 36.5 Å². The van der Waals surface area contributed by atoms with Gasteiger partial charge in [-0.3, -0.25) is 9.36 Å².